The van der Waals surface area contributed by atoms with Crippen LogP contribution in [-0.2, 0) is 23.8 Å². The number of likely N-dealkylation sites (N-methyl/N-ethyl adjacent to an activating group) is 2. The average molecular weight is 501 g/mol. The topological polar surface area (TPSA) is 123 Å². The highest BCUT2D eigenvalue weighted by atomic mass is 16.6. The quantitative estimate of drug-likeness (QED) is 0.550. The highest BCUT2D eigenvalue weighted by molar-refractivity contribution is 5.77. The Hall–Kier alpha value is -1.91. The second kappa shape index (κ2) is 15.3. The molecule has 204 valence electrons. The van der Waals surface area contributed by atoms with Gasteiger partial charge in [-0.2, -0.15) is 0 Å². The van der Waals surface area contributed by atoms with E-state index in [4.69, 9.17) is 19.9 Å². The van der Waals surface area contributed by atoms with Gasteiger partial charge in [0.25, 0.3) is 0 Å². The third-order valence-electron chi connectivity index (χ3n) is 6.00. The summed E-state index contributed by atoms with van der Waals surface area (Å²) in [5, 5.41) is 2.89. The van der Waals surface area contributed by atoms with Gasteiger partial charge in [-0.05, 0) is 72.1 Å². The van der Waals surface area contributed by atoms with Crippen LogP contribution in [0.2, 0.25) is 0 Å². The number of rotatable bonds is 7. The Bertz CT molecular complexity index is 649. The van der Waals surface area contributed by atoms with Crippen LogP contribution in [0.5, 0.6) is 0 Å². The third kappa shape index (κ3) is 14.3. The van der Waals surface area contributed by atoms with Gasteiger partial charge in [-0.15, -0.1) is 0 Å². The fraction of sp³-hybridized carbons (Fsp3) is 0.880. The Morgan fingerprint density at radius 2 is 1.17 bits per heavy atom. The van der Waals surface area contributed by atoms with Gasteiger partial charge < -0.3 is 35.1 Å². The number of alkyl carbamates (subject to hydrolysis) is 1. The van der Waals surface area contributed by atoms with E-state index in [2.05, 4.69) is 5.32 Å². The number of ether oxygens (including phenoxy) is 3. The minimum atomic E-state index is -0.475. The lowest BCUT2D eigenvalue weighted by Gasteiger charge is -2.30. The highest BCUT2D eigenvalue weighted by Crippen LogP contribution is 2.22. The summed E-state index contributed by atoms with van der Waals surface area (Å²) in [5.41, 5.74) is 5.30. The molecule has 0 radical (unpaired) electrons. The molecule has 0 heterocycles. The van der Waals surface area contributed by atoms with E-state index < -0.39 is 5.60 Å². The van der Waals surface area contributed by atoms with Crippen molar-refractivity contribution in [1.29, 1.82) is 0 Å². The second-order valence-electron chi connectivity index (χ2n) is 10.9. The van der Waals surface area contributed by atoms with Crippen molar-refractivity contribution in [1.82, 2.24) is 15.1 Å². The molecule has 3 N–H and O–H groups in total. The van der Waals surface area contributed by atoms with Crippen molar-refractivity contribution in [3.05, 3.63) is 0 Å². The van der Waals surface area contributed by atoms with Crippen molar-refractivity contribution in [3.8, 4) is 0 Å². The van der Waals surface area contributed by atoms with Gasteiger partial charge in [-0.1, -0.05) is 0 Å². The summed E-state index contributed by atoms with van der Waals surface area (Å²) in [6.07, 6.45) is 7.37. The first-order valence-electron chi connectivity index (χ1n) is 12.7. The van der Waals surface area contributed by atoms with Gasteiger partial charge in [0.05, 0.1) is 12.2 Å². The van der Waals surface area contributed by atoms with Crippen LogP contribution in [0.4, 0.5) is 4.79 Å². The van der Waals surface area contributed by atoms with E-state index in [0.29, 0.717) is 6.04 Å². The highest BCUT2D eigenvalue weighted by Gasteiger charge is 2.25. The lowest BCUT2D eigenvalue weighted by atomic mass is 9.93. The molecule has 0 aromatic heterocycles. The predicted octanol–water partition coefficient (Wildman–Crippen LogP) is 2.29. The smallest absolute Gasteiger partial charge is 0.407 e. The molecule has 0 atom stereocenters. The number of nitrogens with one attached hydrogen (secondary N) is 1. The predicted molar refractivity (Wildman–Crippen MR) is 135 cm³/mol. The lowest BCUT2D eigenvalue weighted by molar-refractivity contribution is -0.136. The zero-order chi connectivity index (χ0) is 26.6. The summed E-state index contributed by atoms with van der Waals surface area (Å²) in [6, 6.07) is 0.462. The maximum absolute atomic E-state index is 11.7. The molecule has 0 spiro atoms. The number of nitrogens with zero attached hydrogens (tertiary/aromatic N) is 2. The molecule has 3 amide bonds. The number of hydrogen-bond acceptors (Lipinski definition) is 7. The second-order valence-corrected chi connectivity index (χ2v) is 10.9. The molecule has 0 unspecified atom stereocenters. The molecular formula is C25H48N4O6. The fourth-order valence-electron chi connectivity index (χ4n) is 3.74. The van der Waals surface area contributed by atoms with E-state index in [-0.39, 0.29) is 49.4 Å². The Morgan fingerprint density at radius 1 is 0.771 bits per heavy atom. The summed E-state index contributed by atoms with van der Waals surface area (Å²) < 4.78 is 16.4. The number of hydrogen-bond donors (Lipinski definition) is 2. The van der Waals surface area contributed by atoms with Crippen LogP contribution in [0.3, 0.4) is 0 Å². The van der Waals surface area contributed by atoms with Crippen LogP contribution in [-0.4, -0.2) is 99.0 Å². The molecule has 0 saturated heterocycles. The van der Waals surface area contributed by atoms with Gasteiger partial charge in [0, 0.05) is 40.3 Å². The van der Waals surface area contributed by atoms with Crippen molar-refractivity contribution in [3.63, 3.8) is 0 Å². The monoisotopic (exact) mass is 500 g/mol. The molecule has 35 heavy (non-hydrogen) atoms. The first-order chi connectivity index (χ1) is 16.3. The molecule has 0 aliphatic heterocycles. The van der Waals surface area contributed by atoms with Gasteiger partial charge in [-0.3, -0.25) is 9.59 Å². The molecule has 0 bridgehead atoms. The third-order valence-corrected chi connectivity index (χ3v) is 6.00. The van der Waals surface area contributed by atoms with Gasteiger partial charge in [-0.25, -0.2) is 4.79 Å². The van der Waals surface area contributed by atoms with E-state index in [1.165, 1.54) is 4.90 Å². The van der Waals surface area contributed by atoms with E-state index >= 15 is 0 Å². The summed E-state index contributed by atoms with van der Waals surface area (Å²) >= 11 is 0. The average Bonchev–Trinajstić information content (AvgIpc) is 2.76. The van der Waals surface area contributed by atoms with E-state index in [9.17, 15) is 14.4 Å². The van der Waals surface area contributed by atoms with Crippen LogP contribution < -0.4 is 11.1 Å². The first-order valence-corrected chi connectivity index (χ1v) is 12.7. The molecule has 10 nitrogen and oxygen atoms in total. The zero-order valence-electron chi connectivity index (χ0n) is 22.8. The summed E-state index contributed by atoms with van der Waals surface area (Å²) in [4.78, 5) is 37.4. The number of carbonyl (C=O) groups is 3. The molecule has 10 heteroatoms. The summed E-state index contributed by atoms with van der Waals surface area (Å²) in [5.74, 6) is 0.00359. The van der Waals surface area contributed by atoms with E-state index in [0.717, 1.165) is 51.4 Å². The van der Waals surface area contributed by atoms with Crippen LogP contribution >= 0.6 is 0 Å². The molecular weight excluding hydrogens is 452 g/mol. The Labute approximate surface area is 211 Å². The maximum atomic E-state index is 11.7. The number of amides is 3. The maximum Gasteiger partial charge on any atom is 0.407 e. The summed E-state index contributed by atoms with van der Waals surface area (Å²) in [7, 11) is 6.91. The van der Waals surface area contributed by atoms with Crippen LogP contribution in [0.25, 0.3) is 0 Å². The Balaban J connectivity index is 0.000000379. The standard InChI is InChI=1S/C15H28N2O4.C10H20N2O2/c1-15(2,3)21-14(19)16-11-6-8-12(9-7-11)20-10-13(18)17(4)5;1-12(2)10(13)7-14-9-5-3-8(11)4-6-9/h11-12H,6-10H2,1-5H3,(H,16,19);8-9H,3-7,11H2,1-2H3. The summed E-state index contributed by atoms with van der Waals surface area (Å²) in [6.45, 7) is 5.87. The van der Waals surface area contributed by atoms with Crippen molar-refractivity contribution in [2.24, 2.45) is 5.73 Å². The van der Waals surface area contributed by atoms with E-state index in [1.807, 2.05) is 20.8 Å². The van der Waals surface area contributed by atoms with Gasteiger partial charge in [0.15, 0.2) is 0 Å². The minimum absolute atomic E-state index is 0.0241. The first kappa shape index (κ1) is 31.1. The van der Waals surface area contributed by atoms with Crippen LogP contribution in [0, 0.1) is 0 Å². The largest absolute Gasteiger partial charge is 0.444 e. The molecule has 2 aliphatic carbocycles. The Morgan fingerprint density at radius 3 is 1.54 bits per heavy atom. The van der Waals surface area contributed by atoms with Crippen molar-refractivity contribution < 1.29 is 28.6 Å². The number of nitrogens with two attached hydrogens (primary N) is 1. The molecule has 2 fully saturated rings. The number of carbonyl (C=O) groups excluding carboxylic acids is 3. The van der Waals surface area contributed by atoms with Gasteiger partial charge >= 0.3 is 6.09 Å². The lowest BCUT2D eigenvalue weighted by Crippen LogP contribution is -2.42. The molecule has 2 rings (SSSR count). The van der Waals surface area contributed by atoms with E-state index in [1.54, 1.807) is 33.1 Å². The molecule has 2 aliphatic rings. The van der Waals surface area contributed by atoms with Gasteiger partial charge in [0.1, 0.15) is 18.8 Å². The SMILES string of the molecule is CN(C)C(=O)COC1CCC(N)CC1.CN(C)C(=O)COC1CCC(NC(=O)OC(C)(C)C)CC1. The van der Waals surface area contributed by atoms with Crippen LogP contribution in [0.15, 0.2) is 0 Å². The fourth-order valence-corrected chi connectivity index (χ4v) is 3.74. The Kier molecular flexibility index (Phi) is 13.6. The molecule has 0 aromatic carbocycles. The normalized spacial score (nSPS) is 24.5. The molecule has 0 aromatic rings. The zero-order valence-corrected chi connectivity index (χ0v) is 22.8. The van der Waals surface area contributed by atoms with Crippen molar-refractivity contribution >= 4 is 17.9 Å². The van der Waals surface area contributed by atoms with Crippen molar-refractivity contribution in [2.75, 3.05) is 41.4 Å². The van der Waals surface area contributed by atoms with Crippen molar-refractivity contribution in [2.45, 2.75) is 102 Å². The van der Waals surface area contributed by atoms with Gasteiger partial charge in [0.2, 0.25) is 11.8 Å². The van der Waals surface area contributed by atoms with Crippen LogP contribution in [0.1, 0.15) is 72.1 Å². The molecule has 2 saturated carbocycles. The minimum Gasteiger partial charge on any atom is -0.444 e.